The molecule has 1 aliphatic rings. The Bertz CT molecular complexity index is 1740. The quantitative estimate of drug-likeness (QED) is 0.158. The zero-order chi connectivity index (χ0) is 31.9. The molecule has 234 valence electrons. The van der Waals surface area contributed by atoms with Gasteiger partial charge in [0.2, 0.25) is 0 Å². The molecule has 0 fully saturated rings. The zero-order valence-electron chi connectivity index (χ0n) is 25.5. The van der Waals surface area contributed by atoms with E-state index in [4.69, 9.17) is 18.9 Å². The molecule has 0 amide bonds. The van der Waals surface area contributed by atoms with Crippen molar-refractivity contribution in [2.24, 2.45) is 0 Å². The average Bonchev–Trinajstić information content (AvgIpc) is 3.68. The van der Waals surface area contributed by atoms with Crippen LogP contribution in [0.3, 0.4) is 0 Å². The first-order valence-electron chi connectivity index (χ1n) is 14.8. The lowest BCUT2D eigenvalue weighted by Crippen LogP contribution is -2.08. The molecule has 5 rings (SSSR count). The second kappa shape index (κ2) is 14.0. The fourth-order valence-electron chi connectivity index (χ4n) is 5.40. The van der Waals surface area contributed by atoms with Crippen molar-refractivity contribution in [3.05, 3.63) is 94.2 Å². The molecule has 2 heterocycles. The third-order valence-electron chi connectivity index (χ3n) is 7.74. The average molecular weight is 613 g/mol. The first-order chi connectivity index (χ1) is 21.8. The molecular weight excluding hydrogens is 576 g/mol. The number of carbonyl (C=O) groups is 2. The van der Waals surface area contributed by atoms with Crippen LogP contribution in [0.5, 0.6) is 23.0 Å². The Morgan fingerprint density at radius 2 is 1.84 bits per heavy atom. The van der Waals surface area contributed by atoms with Crippen LogP contribution in [-0.4, -0.2) is 52.8 Å². The Morgan fingerprint density at radius 3 is 2.58 bits per heavy atom. The standard InChI is InChI=1S/C35H36N2O8/c1-4-5-13-37-33(29-11-10-27(42-2)18-32(29)45-21-23-8-6-7-9-28(23)35(40)41)26(20-36-37)17-25(34(38)39)16-24-15-22-12-14-44-31(22)19-30(24)43-3/h6-11,15,17-20H,4-5,12-14,16,21H2,1-3H3,(H,38,39)(H,40,41)/b25-17+. The molecule has 0 bridgehead atoms. The normalized spacial score (nSPS) is 12.4. The van der Waals surface area contributed by atoms with Gasteiger partial charge in [0.05, 0.1) is 38.3 Å². The van der Waals surface area contributed by atoms with Gasteiger partial charge in [-0.1, -0.05) is 31.5 Å². The van der Waals surface area contributed by atoms with E-state index in [9.17, 15) is 19.8 Å². The maximum atomic E-state index is 12.6. The topological polar surface area (TPSA) is 129 Å². The van der Waals surface area contributed by atoms with Crippen molar-refractivity contribution in [2.45, 2.75) is 45.8 Å². The second-order valence-electron chi connectivity index (χ2n) is 10.7. The van der Waals surface area contributed by atoms with Gasteiger partial charge in [-0.25, -0.2) is 9.59 Å². The summed E-state index contributed by atoms with van der Waals surface area (Å²) in [4.78, 5) is 24.4. The minimum Gasteiger partial charge on any atom is -0.497 e. The van der Waals surface area contributed by atoms with Gasteiger partial charge in [0.15, 0.2) is 0 Å². The van der Waals surface area contributed by atoms with Gasteiger partial charge in [-0.3, -0.25) is 4.68 Å². The maximum absolute atomic E-state index is 12.6. The summed E-state index contributed by atoms with van der Waals surface area (Å²) in [5, 5.41) is 24.6. The number of fused-ring (bicyclic) bond motifs is 1. The first kappa shape index (κ1) is 31.2. The molecule has 2 N–H and O–H groups in total. The van der Waals surface area contributed by atoms with E-state index in [1.165, 1.54) is 6.07 Å². The van der Waals surface area contributed by atoms with Crippen LogP contribution >= 0.6 is 0 Å². The number of aliphatic carboxylic acids is 1. The molecule has 0 saturated carbocycles. The molecule has 0 aliphatic carbocycles. The highest BCUT2D eigenvalue weighted by Crippen LogP contribution is 2.38. The summed E-state index contributed by atoms with van der Waals surface area (Å²) in [6.45, 7) is 3.27. The van der Waals surface area contributed by atoms with Gasteiger partial charge in [0.1, 0.15) is 29.6 Å². The number of unbranched alkanes of at least 4 members (excludes halogenated alkanes) is 1. The van der Waals surface area contributed by atoms with Crippen molar-refractivity contribution in [2.75, 3.05) is 20.8 Å². The van der Waals surface area contributed by atoms with Crippen molar-refractivity contribution >= 4 is 18.0 Å². The zero-order valence-corrected chi connectivity index (χ0v) is 25.5. The third-order valence-corrected chi connectivity index (χ3v) is 7.74. The second-order valence-corrected chi connectivity index (χ2v) is 10.7. The van der Waals surface area contributed by atoms with Gasteiger partial charge in [-0.15, -0.1) is 0 Å². The number of aryl methyl sites for hydroxylation is 1. The van der Waals surface area contributed by atoms with Crippen LogP contribution in [0.1, 0.15) is 52.4 Å². The lowest BCUT2D eigenvalue weighted by molar-refractivity contribution is -0.132. The first-order valence-corrected chi connectivity index (χ1v) is 14.8. The summed E-state index contributed by atoms with van der Waals surface area (Å²) in [6, 6.07) is 15.8. The van der Waals surface area contributed by atoms with Gasteiger partial charge in [0.25, 0.3) is 0 Å². The van der Waals surface area contributed by atoms with Gasteiger partial charge in [-0.05, 0) is 47.9 Å². The molecule has 0 unspecified atom stereocenters. The fraction of sp³-hybridized carbons (Fsp3) is 0.286. The number of aromatic carboxylic acids is 1. The third kappa shape index (κ3) is 6.95. The van der Waals surface area contributed by atoms with Crippen molar-refractivity contribution < 1.29 is 38.7 Å². The SMILES string of the molecule is CCCCn1ncc(/C=C(\Cc2cc3c(cc2OC)OCC3)C(=O)O)c1-c1ccc(OC)cc1OCc1ccccc1C(=O)O. The van der Waals surface area contributed by atoms with Crippen molar-refractivity contribution in [3.63, 3.8) is 0 Å². The van der Waals surface area contributed by atoms with Crippen molar-refractivity contribution in [1.82, 2.24) is 9.78 Å². The lowest BCUT2D eigenvalue weighted by Gasteiger charge is -2.16. The lowest BCUT2D eigenvalue weighted by atomic mass is 9.98. The summed E-state index contributed by atoms with van der Waals surface area (Å²) in [7, 11) is 3.11. The van der Waals surface area contributed by atoms with Gasteiger partial charge < -0.3 is 29.2 Å². The van der Waals surface area contributed by atoms with Crippen molar-refractivity contribution in [1.29, 1.82) is 0 Å². The predicted molar refractivity (Wildman–Crippen MR) is 168 cm³/mol. The minimum atomic E-state index is -1.06. The summed E-state index contributed by atoms with van der Waals surface area (Å²) < 4.78 is 24.8. The highest BCUT2D eigenvalue weighted by atomic mass is 16.5. The largest absolute Gasteiger partial charge is 0.497 e. The summed E-state index contributed by atoms with van der Waals surface area (Å²) >= 11 is 0. The number of benzene rings is 3. The molecule has 0 radical (unpaired) electrons. The Morgan fingerprint density at radius 1 is 1.02 bits per heavy atom. The summed E-state index contributed by atoms with van der Waals surface area (Å²) in [5.41, 5.74) is 4.55. The van der Waals surface area contributed by atoms with E-state index in [2.05, 4.69) is 12.0 Å². The number of ether oxygens (including phenoxy) is 4. The monoisotopic (exact) mass is 612 g/mol. The highest BCUT2D eigenvalue weighted by Gasteiger charge is 2.22. The Balaban J connectivity index is 1.58. The van der Waals surface area contributed by atoms with E-state index in [1.807, 2.05) is 22.9 Å². The van der Waals surface area contributed by atoms with E-state index < -0.39 is 11.9 Å². The number of aromatic nitrogens is 2. The van der Waals surface area contributed by atoms with Crippen LogP contribution in [0, 0.1) is 0 Å². The molecule has 10 nitrogen and oxygen atoms in total. The Labute approximate surface area is 261 Å². The molecule has 1 aliphatic heterocycles. The minimum absolute atomic E-state index is 0.000869. The smallest absolute Gasteiger partial charge is 0.336 e. The number of methoxy groups -OCH3 is 2. The predicted octanol–water partition coefficient (Wildman–Crippen LogP) is 6.29. The number of nitrogens with zero attached hydrogens (tertiary/aromatic N) is 2. The van der Waals surface area contributed by atoms with E-state index in [0.29, 0.717) is 52.8 Å². The molecule has 0 atom stereocenters. The van der Waals surface area contributed by atoms with E-state index >= 15 is 0 Å². The Kier molecular flexibility index (Phi) is 9.72. The van der Waals surface area contributed by atoms with Crippen LogP contribution in [0.4, 0.5) is 0 Å². The molecule has 10 heteroatoms. The number of rotatable bonds is 14. The number of hydrogen-bond donors (Lipinski definition) is 2. The highest BCUT2D eigenvalue weighted by molar-refractivity contribution is 5.94. The molecule has 3 aromatic carbocycles. The molecule has 0 saturated heterocycles. The summed E-state index contributed by atoms with van der Waals surface area (Å²) in [6.07, 6.45) is 5.98. The number of hydrogen-bond acceptors (Lipinski definition) is 7. The Hall–Kier alpha value is -5.25. The van der Waals surface area contributed by atoms with Crippen LogP contribution in [0.15, 0.2) is 66.4 Å². The van der Waals surface area contributed by atoms with Crippen LogP contribution < -0.4 is 18.9 Å². The fourth-order valence-corrected chi connectivity index (χ4v) is 5.40. The number of carboxylic acids is 2. The van der Waals surface area contributed by atoms with Gasteiger partial charge in [0, 0.05) is 53.8 Å². The molecular formula is C35H36N2O8. The number of carboxylic acid groups (broad SMARTS) is 2. The van der Waals surface area contributed by atoms with E-state index in [0.717, 1.165) is 36.1 Å². The van der Waals surface area contributed by atoms with E-state index in [1.54, 1.807) is 56.8 Å². The van der Waals surface area contributed by atoms with Crippen LogP contribution in [0.2, 0.25) is 0 Å². The van der Waals surface area contributed by atoms with E-state index in [-0.39, 0.29) is 24.2 Å². The molecule has 1 aromatic heterocycles. The van der Waals surface area contributed by atoms with Gasteiger partial charge >= 0.3 is 11.9 Å². The van der Waals surface area contributed by atoms with Crippen LogP contribution in [0.25, 0.3) is 17.3 Å². The molecule has 45 heavy (non-hydrogen) atoms. The maximum Gasteiger partial charge on any atom is 0.336 e. The molecule has 4 aromatic rings. The molecule has 0 spiro atoms. The summed E-state index contributed by atoms with van der Waals surface area (Å²) in [5.74, 6) is 0.218. The van der Waals surface area contributed by atoms with Crippen LogP contribution in [-0.2, 0) is 30.8 Å². The van der Waals surface area contributed by atoms with Gasteiger partial charge in [-0.2, -0.15) is 5.10 Å². The van der Waals surface area contributed by atoms with Crippen molar-refractivity contribution in [3.8, 4) is 34.3 Å².